The minimum Gasteiger partial charge on any atom is -0.482 e. The van der Waals surface area contributed by atoms with Gasteiger partial charge in [-0.3, -0.25) is 4.79 Å². The average molecular weight is 411 g/mol. The lowest BCUT2D eigenvalue weighted by Gasteiger charge is -2.14. The second kappa shape index (κ2) is 7.89. The summed E-state index contributed by atoms with van der Waals surface area (Å²) in [6.07, 6.45) is -4.52. The van der Waals surface area contributed by atoms with Crippen molar-refractivity contribution in [2.75, 3.05) is 11.9 Å². The standard InChI is InChI=1S/C18H14ClF3N4O2/c1-11-16(25-26(24-11)13-5-3-2-4-6-13)17(27)23-14-9-12(19)7-8-15(14)28-10-18(20,21)22/h2-9H,10H2,1H3,(H,23,27). The number of hydrogen-bond acceptors (Lipinski definition) is 4. The van der Waals surface area contributed by atoms with Crippen LogP contribution in [0.4, 0.5) is 18.9 Å². The van der Waals surface area contributed by atoms with Gasteiger partial charge in [0, 0.05) is 5.02 Å². The van der Waals surface area contributed by atoms with Crippen LogP contribution in [0, 0.1) is 6.92 Å². The topological polar surface area (TPSA) is 69.0 Å². The summed E-state index contributed by atoms with van der Waals surface area (Å²) >= 11 is 5.89. The number of aromatic nitrogens is 3. The highest BCUT2D eigenvalue weighted by Crippen LogP contribution is 2.30. The molecule has 0 aliphatic carbocycles. The SMILES string of the molecule is Cc1nn(-c2ccccc2)nc1C(=O)Nc1cc(Cl)ccc1OCC(F)(F)F. The predicted octanol–water partition coefficient (Wildman–Crippen LogP) is 4.42. The van der Waals surface area contributed by atoms with Gasteiger partial charge in [-0.2, -0.15) is 23.1 Å². The molecule has 6 nitrogen and oxygen atoms in total. The highest BCUT2D eigenvalue weighted by molar-refractivity contribution is 6.31. The van der Waals surface area contributed by atoms with Gasteiger partial charge in [0.05, 0.1) is 17.1 Å². The molecule has 3 aromatic rings. The molecule has 0 aliphatic heterocycles. The lowest BCUT2D eigenvalue weighted by molar-refractivity contribution is -0.153. The first-order valence-electron chi connectivity index (χ1n) is 8.03. The summed E-state index contributed by atoms with van der Waals surface area (Å²) in [5.74, 6) is -0.818. The Labute approximate surface area is 162 Å². The van der Waals surface area contributed by atoms with Gasteiger partial charge in [0.25, 0.3) is 5.91 Å². The third-order valence-corrected chi connectivity index (χ3v) is 3.80. The summed E-state index contributed by atoms with van der Waals surface area (Å²) < 4.78 is 42.1. The molecule has 0 saturated heterocycles. The van der Waals surface area contributed by atoms with E-state index in [-0.39, 0.29) is 22.2 Å². The number of nitrogens with one attached hydrogen (secondary N) is 1. The number of hydrogen-bond donors (Lipinski definition) is 1. The molecule has 0 unspecified atom stereocenters. The number of alkyl halides is 3. The fourth-order valence-electron chi connectivity index (χ4n) is 2.33. The highest BCUT2D eigenvalue weighted by Gasteiger charge is 2.29. The van der Waals surface area contributed by atoms with Crippen molar-refractivity contribution in [1.29, 1.82) is 0 Å². The van der Waals surface area contributed by atoms with Crippen molar-refractivity contribution in [1.82, 2.24) is 15.0 Å². The molecule has 0 aliphatic rings. The van der Waals surface area contributed by atoms with E-state index in [1.54, 1.807) is 31.2 Å². The summed E-state index contributed by atoms with van der Waals surface area (Å²) in [4.78, 5) is 13.9. The van der Waals surface area contributed by atoms with E-state index in [1.807, 2.05) is 6.07 Å². The van der Waals surface area contributed by atoms with Crippen molar-refractivity contribution in [3.8, 4) is 11.4 Å². The minimum atomic E-state index is -4.52. The summed E-state index contributed by atoms with van der Waals surface area (Å²) in [6, 6.07) is 12.9. The molecule has 0 bridgehead atoms. The van der Waals surface area contributed by atoms with Crippen molar-refractivity contribution in [2.24, 2.45) is 0 Å². The number of carbonyl (C=O) groups excluding carboxylic acids is 1. The van der Waals surface area contributed by atoms with Gasteiger partial charge in [0.2, 0.25) is 0 Å². The van der Waals surface area contributed by atoms with Gasteiger partial charge in [0.15, 0.2) is 12.3 Å². The molecular formula is C18H14ClF3N4O2. The Bertz CT molecular complexity index is 990. The van der Waals surface area contributed by atoms with Crippen LogP contribution < -0.4 is 10.1 Å². The molecule has 1 heterocycles. The van der Waals surface area contributed by atoms with Crippen molar-refractivity contribution < 1.29 is 22.7 Å². The van der Waals surface area contributed by atoms with Gasteiger partial charge >= 0.3 is 6.18 Å². The first kappa shape index (κ1) is 19.7. The molecule has 3 rings (SSSR count). The number of carbonyl (C=O) groups is 1. The van der Waals surface area contributed by atoms with Crippen LogP contribution in [0.5, 0.6) is 5.75 Å². The third-order valence-electron chi connectivity index (χ3n) is 3.57. The smallest absolute Gasteiger partial charge is 0.422 e. The van der Waals surface area contributed by atoms with Crippen molar-refractivity contribution in [2.45, 2.75) is 13.1 Å². The maximum absolute atomic E-state index is 12.6. The van der Waals surface area contributed by atoms with Gasteiger partial charge in [0.1, 0.15) is 5.75 Å². The number of halogens is 4. The van der Waals surface area contributed by atoms with Crippen LogP contribution in [0.3, 0.4) is 0 Å². The van der Waals surface area contributed by atoms with Gasteiger partial charge < -0.3 is 10.1 Å². The molecule has 0 fully saturated rings. The number of anilines is 1. The van der Waals surface area contributed by atoms with Crippen LogP contribution in [0.1, 0.15) is 16.2 Å². The van der Waals surface area contributed by atoms with E-state index in [4.69, 9.17) is 16.3 Å². The Morgan fingerprint density at radius 1 is 1.18 bits per heavy atom. The second-order valence-electron chi connectivity index (χ2n) is 5.76. The zero-order valence-electron chi connectivity index (χ0n) is 14.5. The van der Waals surface area contributed by atoms with Gasteiger partial charge in [-0.15, -0.1) is 5.10 Å². The number of amides is 1. The number of benzene rings is 2. The molecule has 0 saturated carbocycles. The Balaban J connectivity index is 1.83. The normalized spacial score (nSPS) is 11.3. The van der Waals surface area contributed by atoms with Crippen LogP contribution in [0.15, 0.2) is 48.5 Å². The zero-order chi connectivity index (χ0) is 20.3. The molecule has 10 heteroatoms. The van der Waals surface area contributed by atoms with Crippen molar-refractivity contribution >= 4 is 23.2 Å². The van der Waals surface area contributed by atoms with E-state index in [0.29, 0.717) is 11.4 Å². The Hall–Kier alpha value is -3.07. The summed E-state index contributed by atoms with van der Waals surface area (Å²) in [6.45, 7) is 0.0983. The molecule has 146 valence electrons. The van der Waals surface area contributed by atoms with Crippen LogP contribution in [0.2, 0.25) is 5.02 Å². The molecule has 0 radical (unpaired) electrons. The van der Waals surface area contributed by atoms with Crippen LogP contribution in [0.25, 0.3) is 5.69 Å². The molecular weight excluding hydrogens is 397 g/mol. The maximum Gasteiger partial charge on any atom is 0.422 e. The number of para-hydroxylation sites is 1. The number of ether oxygens (including phenoxy) is 1. The molecule has 2 aromatic carbocycles. The van der Waals surface area contributed by atoms with Crippen LogP contribution in [-0.2, 0) is 0 Å². The third kappa shape index (κ3) is 4.80. The minimum absolute atomic E-state index is 0.00425. The zero-order valence-corrected chi connectivity index (χ0v) is 15.3. The monoisotopic (exact) mass is 410 g/mol. The quantitative estimate of drug-likeness (QED) is 0.676. The Morgan fingerprint density at radius 3 is 2.57 bits per heavy atom. The lowest BCUT2D eigenvalue weighted by Crippen LogP contribution is -2.20. The van der Waals surface area contributed by atoms with Crippen molar-refractivity contribution in [3.63, 3.8) is 0 Å². The highest BCUT2D eigenvalue weighted by atomic mass is 35.5. The van der Waals surface area contributed by atoms with E-state index in [9.17, 15) is 18.0 Å². The fraction of sp³-hybridized carbons (Fsp3) is 0.167. The lowest BCUT2D eigenvalue weighted by atomic mass is 10.2. The van der Waals surface area contributed by atoms with Crippen LogP contribution >= 0.6 is 11.6 Å². The predicted molar refractivity (Wildman–Crippen MR) is 97.1 cm³/mol. The largest absolute Gasteiger partial charge is 0.482 e. The van der Waals surface area contributed by atoms with Gasteiger partial charge in [-0.1, -0.05) is 29.8 Å². The van der Waals surface area contributed by atoms with E-state index >= 15 is 0 Å². The van der Waals surface area contributed by atoms with E-state index in [0.717, 1.165) is 0 Å². The molecule has 1 aromatic heterocycles. The van der Waals surface area contributed by atoms with Gasteiger partial charge in [-0.05, 0) is 37.3 Å². The molecule has 28 heavy (non-hydrogen) atoms. The average Bonchev–Trinajstić information content (AvgIpc) is 3.03. The molecule has 1 amide bonds. The summed E-state index contributed by atoms with van der Waals surface area (Å²) in [5.41, 5.74) is 1.02. The fourth-order valence-corrected chi connectivity index (χ4v) is 2.50. The molecule has 0 atom stereocenters. The summed E-state index contributed by atoms with van der Waals surface area (Å²) in [5, 5.41) is 11.0. The second-order valence-corrected chi connectivity index (χ2v) is 6.19. The number of rotatable bonds is 5. The molecule has 1 N–H and O–H groups in total. The van der Waals surface area contributed by atoms with Crippen molar-refractivity contribution in [3.05, 3.63) is 64.9 Å². The van der Waals surface area contributed by atoms with E-state index in [1.165, 1.54) is 23.0 Å². The first-order valence-corrected chi connectivity index (χ1v) is 8.40. The first-order chi connectivity index (χ1) is 13.2. The van der Waals surface area contributed by atoms with E-state index < -0.39 is 18.7 Å². The Morgan fingerprint density at radius 2 is 1.89 bits per heavy atom. The number of aryl methyl sites for hydroxylation is 1. The maximum atomic E-state index is 12.6. The Kier molecular flexibility index (Phi) is 5.55. The summed E-state index contributed by atoms with van der Waals surface area (Å²) in [7, 11) is 0. The van der Waals surface area contributed by atoms with E-state index in [2.05, 4.69) is 15.5 Å². The van der Waals surface area contributed by atoms with Gasteiger partial charge in [-0.25, -0.2) is 0 Å². The van der Waals surface area contributed by atoms with Crippen LogP contribution in [-0.4, -0.2) is 33.7 Å². The number of nitrogens with zero attached hydrogens (tertiary/aromatic N) is 3. The molecule has 0 spiro atoms.